The largest absolute Gasteiger partial charge is 0.463 e. The van der Waals surface area contributed by atoms with Crippen LogP contribution in [0.4, 0.5) is 0 Å². The van der Waals surface area contributed by atoms with E-state index >= 15 is 0 Å². The average Bonchev–Trinajstić information content (AvgIpc) is 3.25. The van der Waals surface area contributed by atoms with E-state index in [0.29, 0.717) is 18.4 Å². The summed E-state index contributed by atoms with van der Waals surface area (Å²) in [6, 6.07) is 4.02. The van der Waals surface area contributed by atoms with Gasteiger partial charge in [-0.2, -0.15) is 4.37 Å². The van der Waals surface area contributed by atoms with Crippen LogP contribution >= 0.6 is 47.0 Å². The molecule has 0 aromatic carbocycles. The highest BCUT2D eigenvalue weighted by molar-refractivity contribution is 14.0. The smallest absolute Gasteiger partial charge is 0.250 e. The Hall–Kier alpha value is -0.690. The fourth-order valence-electron chi connectivity index (χ4n) is 3.41. The van der Waals surface area contributed by atoms with Crippen molar-refractivity contribution in [2.45, 2.75) is 18.8 Å². The van der Waals surface area contributed by atoms with Crippen molar-refractivity contribution in [2.24, 2.45) is 5.92 Å². The molecule has 0 spiro atoms. The topological polar surface area (TPSA) is 38.3 Å². The van der Waals surface area contributed by atoms with Gasteiger partial charge < -0.3 is 9.64 Å². The van der Waals surface area contributed by atoms with E-state index in [1.807, 2.05) is 17.5 Å². The minimum absolute atomic E-state index is 0. The number of rotatable bonds is 3. The summed E-state index contributed by atoms with van der Waals surface area (Å²) in [7, 11) is 0. The average molecular weight is 459 g/mol. The maximum atomic E-state index is 5.79. The molecule has 0 radical (unpaired) electrons. The van der Waals surface area contributed by atoms with Gasteiger partial charge in [-0.1, -0.05) is 17.9 Å². The Morgan fingerprint density at radius 3 is 3.13 bits per heavy atom. The van der Waals surface area contributed by atoms with Gasteiger partial charge in [-0.3, -0.25) is 0 Å². The van der Waals surface area contributed by atoms with E-state index in [2.05, 4.69) is 25.5 Å². The highest BCUT2D eigenvalue weighted by Crippen LogP contribution is 2.40. The maximum absolute atomic E-state index is 5.79. The van der Waals surface area contributed by atoms with Gasteiger partial charge in [0, 0.05) is 19.0 Å². The lowest BCUT2D eigenvalue weighted by atomic mass is 9.89. The highest BCUT2D eigenvalue weighted by Gasteiger charge is 2.39. The van der Waals surface area contributed by atoms with Crippen molar-refractivity contribution in [3.63, 3.8) is 0 Å². The van der Waals surface area contributed by atoms with Crippen LogP contribution in [0.25, 0.3) is 0 Å². The predicted molar refractivity (Wildman–Crippen MR) is 104 cm³/mol. The molecule has 0 amide bonds. The van der Waals surface area contributed by atoms with Gasteiger partial charge in [-0.15, -0.1) is 39.7 Å². The molecule has 7 heteroatoms. The number of piperidine rings is 1. The zero-order chi connectivity index (χ0) is 14.8. The molecule has 3 unspecified atom stereocenters. The third kappa shape index (κ3) is 3.87. The molecule has 0 aliphatic carbocycles. The van der Waals surface area contributed by atoms with Crippen LogP contribution in [0.5, 0.6) is 5.88 Å². The van der Waals surface area contributed by atoms with E-state index in [9.17, 15) is 0 Å². The molecule has 23 heavy (non-hydrogen) atoms. The van der Waals surface area contributed by atoms with Crippen LogP contribution in [-0.2, 0) is 0 Å². The summed E-state index contributed by atoms with van der Waals surface area (Å²) in [5.41, 5.74) is 1.05. The van der Waals surface area contributed by atoms with Gasteiger partial charge >= 0.3 is 0 Å². The van der Waals surface area contributed by atoms with E-state index in [1.54, 1.807) is 11.3 Å². The first kappa shape index (κ1) is 17.1. The first-order valence-electron chi connectivity index (χ1n) is 7.60. The minimum Gasteiger partial charge on any atom is -0.463 e. The van der Waals surface area contributed by atoms with Gasteiger partial charge in [0.15, 0.2) is 6.61 Å². The normalized spacial score (nSPS) is 25.3. The molecule has 2 bridgehead atoms. The second-order valence-electron chi connectivity index (χ2n) is 5.79. The van der Waals surface area contributed by atoms with Crippen molar-refractivity contribution < 1.29 is 4.74 Å². The molecule has 2 aromatic rings. The lowest BCUT2D eigenvalue weighted by Gasteiger charge is -2.21. The highest BCUT2D eigenvalue weighted by atomic mass is 127. The molecule has 4 rings (SSSR count). The molecule has 4 nitrogen and oxygen atoms in total. The fourth-order valence-corrected chi connectivity index (χ4v) is 4.57. The van der Waals surface area contributed by atoms with Gasteiger partial charge in [0.2, 0.25) is 5.88 Å². The minimum atomic E-state index is 0. The molecular formula is C16H18IN3OS2. The summed E-state index contributed by atoms with van der Waals surface area (Å²) in [6.45, 7) is 3.91. The Balaban J connectivity index is 0.00000156. The Bertz CT molecular complexity index is 692. The molecule has 122 valence electrons. The molecule has 3 atom stereocenters. The summed E-state index contributed by atoms with van der Waals surface area (Å²) in [6.07, 6.45) is 2.61. The Labute approximate surface area is 161 Å². The van der Waals surface area contributed by atoms with E-state index in [-0.39, 0.29) is 24.0 Å². The number of halogens is 1. The zero-order valence-corrected chi connectivity index (χ0v) is 16.6. The van der Waals surface area contributed by atoms with Crippen molar-refractivity contribution in [1.82, 2.24) is 13.6 Å². The summed E-state index contributed by atoms with van der Waals surface area (Å²) in [4.78, 5) is 3.61. The molecule has 0 saturated carbocycles. The lowest BCUT2D eigenvalue weighted by molar-refractivity contribution is 0.269. The van der Waals surface area contributed by atoms with Gasteiger partial charge in [-0.05, 0) is 36.8 Å². The maximum Gasteiger partial charge on any atom is 0.250 e. The number of thiophene rings is 1. The Kier molecular flexibility index (Phi) is 5.91. The Morgan fingerprint density at radius 1 is 1.35 bits per heavy atom. The summed E-state index contributed by atoms with van der Waals surface area (Å²) in [5.74, 6) is 8.06. The molecule has 2 aliphatic rings. The van der Waals surface area contributed by atoms with Gasteiger partial charge in [0.25, 0.3) is 0 Å². The van der Waals surface area contributed by atoms with Crippen molar-refractivity contribution >= 4 is 47.0 Å². The third-order valence-electron chi connectivity index (χ3n) is 4.41. The lowest BCUT2D eigenvalue weighted by Crippen LogP contribution is -2.25. The Morgan fingerprint density at radius 2 is 2.30 bits per heavy atom. The van der Waals surface area contributed by atoms with Crippen LogP contribution in [0.3, 0.4) is 0 Å². The molecule has 2 fully saturated rings. The van der Waals surface area contributed by atoms with Crippen molar-refractivity contribution in [3.05, 3.63) is 28.1 Å². The van der Waals surface area contributed by atoms with E-state index < -0.39 is 0 Å². The predicted octanol–water partition coefficient (Wildman–Crippen LogP) is 3.46. The monoisotopic (exact) mass is 459 g/mol. The summed E-state index contributed by atoms with van der Waals surface area (Å²) in [5, 5.41) is 2.03. The first-order valence-corrected chi connectivity index (χ1v) is 9.21. The summed E-state index contributed by atoms with van der Waals surface area (Å²) >= 11 is 2.90. The fraction of sp³-hybridized carbons (Fsp3) is 0.500. The van der Waals surface area contributed by atoms with E-state index in [4.69, 9.17) is 4.74 Å². The number of hydrogen-bond donors (Lipinski definition) is 0. The number of fused-ring (bicyclic) bond motifs is 2. The standard InChI is InChI=1S/C16H17N3OS2.HI/c1-4-12-10-19(7-1)11-14(12)15-16(18-22-17-15)20-8-2-5-13-6-3-9-21-13;/h3,6,9,12,14H,1,4,7-8,10-11H2;1H. The van der Waals surface area contributed by atoms with Gasteiger partial charge in [0.1, 0.15) is 5.69 Å². The van der Waals surface area contributed by atoms with Crippen molar-refractivity contribution in [2.75, 3.05) is 26.2 Å². The quantitative estimate of drug-likeness (QED) is 0.521. The number of ether oxygens (including phenoxy) is 1. The molecule has 2 aliphatic heterocycles. The molecule has 0 N–H and O–H groups in total. The second-order valence-corrected chi connectivity index (χ2v) is 7.27. The van der Waals surface area contributed by atoms with Crippen LogP contribution in [0.15, 0.2) is 17.5 Å². The van der Waals surface area contributed by atoms with Crippen LogP contribution in [0, 0.1) is 17.8 Å². The SMILES string of the molecule is C(#Cc1cccs1)COc1nsnc1C1CN2CCCC1C2.I. The second kappa shape index (κ2) is 7.92. The molecule has 4 heterocycles. The first-order chi connectivity index (χ1) is 10.9. The van der Waals surface area contributed by atoms with Crippen molar-refractivity contribution in [3.8, 4) is 17.7 Å². The van der Waals surface area contributed by atoms with Crippen molar-refractivity contribution in [1.29, 1.82) is 0 Å². The van der Waals surface area contributed by atoms with Crippen LogP contribution in [0.2, 0.25) is 0 Å². The van der Waals surface area contributed by atoms with Crippen LogP contribution in [0.1, 0.15) is 29.3 Å². The summed E-state index contributed by atoms with van der Waals surface area (Å²) < 4.78 is 14.6. The zero-order valence-electron chi connectivity index (χ0n) is 12.6. The van der Waals surface area contributed by atoms with Gasteiger partial charge in [0.05, 0.1) is 16.6 Å². The van der Waals surface area contributed by atoms with E-state index in [0.717, 1.165) is 23.0 Å². The number of aromatic nitrogens is 2. The molecule has 2 saturated heterocycles. The van der Waals surface area contributed by atoms with Crippen LogP contribution < -0.4 is 4.74 Å². The van der Waals surface area contributed by atoms with E-state index in [1.165, 1.54) is 37.7 Å². The third-order valence-corrected chi connectivity index (χ3v) is 5.72. The van der Waals surface area contributed by atoms with Gasteiger partial charge in [-0.25, -0.2) is 0 Å². The van der Waals surface area contributed by atoms with Crippen LogP contribution in [-0.4, -0.2) is 39.9 Å². The molecule has 2 aromatic heterocycles. The number of nitrogens with zero attached hydrogens (tertiary/aromatic N) is 3. The number of hydrogen-bond acceptors (Lipinski definition) is 6. The molecular weight excluding hydrogens is 441 g/mol.